The first kappa shape index (κ1) is 17.2. The predicted molar refractivity (Wildman–Crippen MR) is 101 cm³/mol. The zero-order valence-corrected chi connectivity index (χ0v) is 15.3. The molecule has 2 aromatic rings. The molecule has 0 amide bonds. The molecular weight excluding hydrogens is 328 g/mol. The third kappa shape index (κ3) is 3.66. The van der Waals surface area contributed by atoms with Gasteiger partial charge in [-0.1, -0.05) is 30.3 Å². The van der Waals surface area contributed by atoms with Gasteiger partial charge in [-0.15, -0.1) is 0 Å². The Hall–Kier alpha value is -2.18. The van der Waals surface area contributed by atoms with E-state index in [0.717, 1.165) is 50.8 Å². The van der Waals surface area contributed by atoms with Crippen LogP contribution in [0.15, 0.2) is 42.6 Å². The molecular formula is C20H26N4O2. The van der Waals surface area contributed by atoms with Gasteiger partial charge in [0.1, 0.15) is 5.82 Å². The van der Waals surface area contributed by atoms with E-state index in [9.17, 15) is 0 Å². The lowest BCUT2D eigenvalue weighted by atomic mass is 10.0. The normalized spacial score (nSPS) is 19.0. The lowest BCUT2D eigenvalue weighted by molar-refractivity contribution is -0.169. The molecule has 2 aliphatic heterocycles. The zero-order chi connectivity index (χ0) is 17.8. The van der Waals surface area contributed by atoms with Crippen LogP contribution in [-0.2, 0) is 16.0 Å². The molecule has 2 aliphatic rings. The summed E-state index contributed by atoms with van der Waals surface area (Å²) in [6.07, 6.45) is 3.62. The molecule has 0 N–H and O–H groups in total. The van der Waals surface area contributed by atoms with Crippen molar-refractivity contribution in [3.8, 4) is 0 Å². The maximum absolute atomic E-state index is 5.82. The predicted octanol–water partition coefficient (Wildman–Crippen LogP) is 2.85. The van der Waals surface area contributed by atoms with Crippen molar-refractivity contribution in [1.82, 2.24) is 9.97 Å². The maximum Gasteiger partial charge on any atom is 0.227 e. The first-order valence-corrected chi connectivity index (χ1v) is 9.43. The summed E-state index contributed by atoms with van der Waals surface area (Å²) in [7, 11) is 0. The van der Waals surface area contributed by atoms with E-state index in [1.165, 1.54) is 5.56 Å². The van der Waals surface area contributed by atoms with Gasteiger partial charge in [0, 0.05) is 45.2 Å². The minimum absolute atomic E-state index is 0.352. The summed E-state index contributed by atoms with van der Waals surface area (Å²) >= 11 is 0. The Morgan fingerprint density at radius 3 is 2.50 bits per heavy atom. The third-order valence-electron chi connectivity index (χ3n) is 5.17. The van der Waals surface area contributed by atoms with Gasteiger partial charge >= 0.3 is 0 Å². The Morgan fingerprint density at radius 2 is 1.81 bits per heavy atom. The van der Waals surface area contributed by atoms with E-state index >= 15 is 0 Å². The van der Waals surface area contributed by atoms with E-state index in [1.807, 2.05) is 18.3 Å². The van der Waals surface area contributed by atoms with Gasteiger partial charge in [0.25, 0.3) is 0 Å². The Morgan fingerprint density at radius 1 is 1.08 bits per heavy atom. The molecule has 26 heavy (non-hydrogen) atoms. The lowest BCUT2D eigenvalue weighted by Gasteiger charge is -2.38. The van der Waals surface area contributed by atoms with Gasteiger partial charge in [0.05, 0.1) is 13.2 Å². The molecule has 0 saturated carbocycles. The van der Waals surface area contributed by atoms with Gasteiger partial charge in [-0.3, -0.25) is 0 Å². The molecule has 2 saturated heterocycles. The molecule has 0 radical (unpaired) electrons. The molecule has 3 heterocycles. The summed E-state index contributed by atoms with van der Waals surface area (Å²) in [5.41, 5.74) is 1.26. The van der Waals surface area contributed by atoms with Crippen LogP contribution in [-0.4, -0.2) is 48.6 Å². The van der Waals surface area contributed by atoms with Crippen molar-refractivity contribution in [2.45, 2.75) is 32.1 Å². The molecule has 0 unspecified atom stereocenters. The van der Waals surface area contributed by atoms with E-state index in [1.54, 1.807) is 0 Å². The Balaban J connectivity index is 1.46. The third-order valence-corrected chi connectivity index (χ3v) is 5.17. The van der Waals surface area contributed by atoms with Crippen molar-refractivity contribution in [1.29, 1.82) is 0 Å². The van der Waals surface area contributed by atoms with Gasteiger partial charge in [0.2, 0.25) is 5.95 Å². The molecule has 0 atom stereocenters. The molecule has 1 aromatic heterocycles. The zero-order valence-electron chi connectivity index (χ0n) is 15.3. The van der Waals surface area contributed by atoms with Crippen molar-refractivity contribution in [2.24, 2.45) is 0 Å². The number of piperidine rings is 1. The summed E-state index contributed by atoms with van der Waals surface area (Å²) in [4.78, 5) is 13.9. The van der Waals surface area contributed by atoms with Crippen LogP contribution in [0.4, 0.5) is 11.8 Å². The molecule has 2 fully saturated rings. The van der Waals surface area contributed by atoms with Crippen molar-refractivity contribution in [3.63, 3.8) is 0 Å². The lowest BCUT2D eigenvalue weighted by Crippen LogP contribution is -2.45. The summed E-state index contributed by atoms with van der Waals surface area (Å²) in [6.45, 7) is 7.01. The van der Waals surface area contributed by atoms with Gasteiger partial charge in [-0.2, -0.15) is 4.98 Å². The van der Waals surface area contributed by atoms with Crippen LogP contribution < -0.4 is 9.80 Å². The molecule has 0 aliphatic carbocycles. The number of hydrogen-bond donors (Lipinski definition) is 0. The summed E-state index contributed by atoms with van der Waals surface area (Å²) in [5, 5.41) is 0. The number of nitrogens with zero attached hydrogens (tertiary/aromatic N) is 4. The van der Waals surface area contributed by atoms with Crippen LogP contribution >= 0.6 is 0 Å². The molecule has 6 heteroatoms. The molecule has 6 nitrogen and oxygen atoms in total. The number of ether oxygens (including phenoxy) is 2. The minimum atomic E-state index is -0.352. The standard InChI is InChI=1S/C20H26N4O2/c1-2-23(16-17-6-4-3-5-7-17)19-21-11-8-18(22-19)24-12-9-20(10-13-24)25-14-15-26-20/h3-8,11H,2,9-10,12-16H2,1H3. The first-order valence-electron chi connectivity index (χ1n) is 9.43. The van der Waals surface area contributed by atoms with E-state index in [0.29, 0.717) is 13.2 Å². The average molecular weight is 354 g/mol. The second-order valence-corrected chi connectivity index (χ2v) is 6.81. The van der Waals surface area contributed by atoms with Crippen molar-refractivity contribution >= 4 is 11.8 Å². The Kier molecular flexibility index (Phi) is 5.04. The van der Waals surface area contributed by atoms with Crippen LogP contribution in [0.3, 0.4) is 0 Å². The second-order valence-electron chi connectivity index (χ2n) is 6.81. The topological polar surface area (TPSA) is 50.7 Å². The number of aromatic nitrogens is 2. The average Bonchev–Trinajstić information content (AvgIpc) is 3.15. The SMILES string of the molecule is CCN(Cc1ccccc1)c1nccc(N2CCC3(CC2)OCCO3)n1. The number of benzene rings is 1. The molecule has 4 rings (SSSR count). The monoisotopic (exact) mass is 354 g/mol. The summed E-state index contributed by atoms with van der Waals surface area (Å²) in [5.74, 6) is 1.41. The summed E-state index contributed by atoms with van der Waals surface area (Å²) in [6, 6.07) is 12.4. The van der Waals surface area contributed by atoms with Gasteiger partial charge in [-0.25, -0.2) is 4.98 Å². The Labute approximate surface area is 154 Å². The van der Waals surface area contributed by atoms with Crippen LogP contribution in [0, 0.1) is 0 Å². The highest BCUT2D eigenvalue weighted by Gasteiger charge is 2.40. The van der Waals surface area contributed by atoms with Crippen LogP contribution in [0.2, 0.25) is 0 Å². The molecule has 1 spiro atoms. The minimum Gasteiger partial charge on any atom is -0.356 e. The van der Waals surface area contributed by atoms with Crippen molar-refractivity contribution in [3.05, 3.63) is 48.2 Å². The highest BCUT2D eigenvalue weighted by molar-refractivity contribution is 5.44. The first-order chi connectivity index (χ1) is 12.8. The second kappa shape index (κ2) is 7.60. The van der Waals surface area contributed by atoms with Gasteiger partial charge in [0.15, 0.2) is 5.79 Å². The van der Waals surface area contributed by atoms with Crippen molar-refractivity contribution < 1.29 is 9.47 Å². The maximum atomic E-state index is 5.82. The fourth-order valence-electron chi connectivity index (χ4n) is 3.66. The van der Waals surface area contributed by atoms with E-state index < -0.39 is 0 Å². The number of rotatable bonds is 5. The smallest absolute Gasteiger partial charge is 0.227 e. The summed E-state index contributed by atoms with van der Waals surface area (Å²) < 4.78 is 11.6. The molecule has 0 bridgehead atoms. The van der Waals surface area contributed by atoms with Crippen molar-refractivity contribution in [2.75, 3.05) is 42.6 Å². The fourth-order valence-corrected chi connectivity index (χ4v) is 3.66. The largest absolute Gasteiger partial charge is 0.356 e. The number of anilines is 2. The quantitative estimate of drug-likeness (QED) is 0.823. The molecule has 138 valence electrons. The van der Waals surface area contributed by atoms with Gasteiger partial charge < -0.3 is 19.3 Å². The molecule has 1 aromatic carbocycles. The van der Waals surface area contributed by atoms with Crippen LogP contribution in [0.25, 0.3) is 0 Å². The fraction of sp³-hybridized carbons (Fsp3) is 0.500. The van der Waals surface area contributed by atoms with Gasteiger partial charge in [-0.05, 0) is 18.6 Å². The number of hydrogen-bond acceptors (Lipinski definition) is 6. The Bertz CT molecular complexity index is 709. The van der Waals surface area contributed by atoms with E-state index in [-0.39, 0.29) is 5.79 Å². The van der Waals surface area contributed by atoms with Crippen LogP contribution in [0.1, 0.15) is 25.3 Å². The highest BCUT2D eigenvalue weighted by atomic mass is 16.7. The van der Waals surface area contributed by atoms with Crippen LogP contribution in [0.5, 0.6) is 0 Å². The highest BCUT2D eigenvalue weighted by Crippen LogP contribution is 2.32. The van der Waals surface area contributed by atoms with E-state index in [2.05, 4.69) is 46.0 Å². The van der Waals surface area contributed by atoms with E-state index in [4.69, 9.17) is 14.5 Å².